The first-order chi connectivity index (χ1) is 17.7. The molecule has 1 aromatic rings. The molecule has 0 saturated carbocycles. The van der Waals surface area contributed by atoms with Crippen LogP contribution < -0.4 is 16.2 Å². The Kier molecular flexibility index (Phi) is 12.7. The molecule has 200 valence electrons. The fourth-order valence-corrected chi connectivity index (χ4v) is 3.30. The molecule has 0 saturated heterocycles. The summed E-state index contributed by atoms with van der Waals surface area (Å²) in [4.78, 5) is 35.0. The molecule has 0 fully saturated rings. The number of esters is 3. The maximum atomic E-state index is 12.1. The lowest BCUT2D eigenvalue weighted by Gasteiger charge is -2.16. The number of hydrogen-bond acceptors (Lipinski definition) is 9. The third-order valence-electron chi connectivity index (χ3n) is 5.21. The Morgan fingerprint density at radius 2 is 1.65 bits per heavy atom. The van der Waals surface area contributed by atoms with Gasteiger partial charge in [-0.15, -0.1) is 0 Å². The molecular formula is C28H36N2O7. The summed E-state index contributed by atoms with van der Waals surface area (Å²) in [6.45, 7) is 5.90. The third-order valence-corrected chi connectivity index (χ3v) is 5.21. The van der Waals surface area contributed by atoms with E-state index in [1.807, 2.05) is 24.3 Å². The van der Waals surface area contributed by atoms with Crippen LogP contribution in [0.15, 0.2) is 65.9 Å². The van der Waals surface area contributed by atoms with E-state index in [2.05, 4.69) is 6.58 Å². The van der Waals surface area contributed by atoms with Crippen molar-refractivity contribution in [2.75, 3.05) is 26.4 Å². The zero-order valence-electron chi connectivity index (χ0n) is 21.3. The second kappa shape index (κ2) is 16.0. The summed E-state index contributed by atoms with van der Waals surface area (Å²) in [6.07, 6.45) is 10.3. The van der Waals surface area contributed by atoms with Gasteiger partial charge in [-0.2, -0.15) is 0 Å². The van der Waals surface area contributed by atoms with Crippen molar-refractivity contribution in [1.29, 1.82) is 0 Å². The molecule has 0 aliphatic heterocycles. The van der Waals surface area contributed by atoms with Crippen molar-refractivity contribution in [1.82, 2.24) is 0 Å². The first-order valence-electron chi connectivity index (χ1n) is 12.3. The lowest BCUT2D eigenvalue weighted by molar-refractivity contribution is -0.146. The Hall–Kier alpha value is -3.85. The normalized spacial score (nSPS) is 14.9. The van der Waals surface area contributed by atoms with Gasteiger partial charge in [0.15, 0.2) is 0 Å². The van der Waals surface area contributed by atoms with E-state index < -0.39 is 11.9 Å². The lowest BCUT2D eigenvalue weighted by Crippen LogP contribution is -2.26. The van der Waals surface area contributed by atoms with Gasteiger partial charge in [-0.1, -0.05) is 18.7 Å². The Balaban J connectivity index is 1.53. The van der Waals surface area contributed by atoms with Crippen LogP contribution in [-0.2, 0) is 28.6 Å². The first kappa shape index (κ1) is 29.4. The van der Waals surface area contributed by atoms with Crippen molar-refractivity contribution in [3.8, 4) is 5.75 Å². The topological polar surface area (TPSA) is 140 Å². The Morgan fingerprint density at radius 1 is 0.973 bits per heavy atom. The number of ether oxygens (including phenoxy) is 4. The molecule has 0 heterocycles. The number of nitrogens with two attached hydrogens (primary N) is 2. The zero-order chi connectivity index (χ0) is 27.0. The standard InChI is InChI=1S/C28H36N2O7/c1-20(2)27(32)37-16-15-35-26(31)12-9-21-7-10-25(11-8-21)34-13-5-3-4-6-14-36-28(33)22-17-23(29)19-24(30)18-22/h7-12,17,19,24H,1,3-6,13-16,18,29-30H2,2H3/b12-9+. The van der Waals surface area contributed by atoms with Gasteiger partial charge in [0.2, 0.25) is 0 Å². The van der Waals surface area contributed by atoms with E-state index in [1.54, 1.807) is 25.2 Å². The van der Waals surface area contributed by atoms with Crippen LogP contribution in [0.5, 0.6) is 5.75 Å². The van der Waals surface area contributed by atoms with Crippen molar-refractivity contribution in [2.45, 2.75) is 45.1 Å². The number of benzene rings is 1. The van der Waals surface area contributed by atoms with E-state index in [0.717, 1.165) is 37.0 Å². The summed E-state index contributed by atoms with van der Waals surface area (Å²) in [5, 5.41) is 0. The van der Waals surface area contributed by atoms with E-state index in [4.69, 9.17) is 30.4 Å². The van der Waals surface area contributed by atoms with Crippen LogP contribution in [0.2, 0.25) is 0 Å². The van der Waals surface area contributed by atoms with Crippen LogP contribution in [0.1, 0.15) is 44.6 Å². The number of rotatable bonds is 15. The first-order valence-corrected chi connectivity index (χ1v) is 12.3. The molecule has 4 N–H and O–H groups in total. The highest BCUT2D eigenvalue weighted by atomic mass is 16.6. The van der Waals surface area contributed by atoms with Crippen LogP contribution >= 0.6 is 0 Å². The number of carbonyl (C=O) groups is 3. The van der Waals surface area contributed by atoms with Crippen LogP contribution in [0, 0.1) is 0 Å². The second-order valence-electron chi connectivity index (χ2n) is 8.59. The highest BCUT2D eigenvalue weighted by Crippen LogP contribution is 2.16. The average molecular weight is 513 g/mol. The minimum absolute atomic E-state index is 0.0211. The molecule has 0 amide bonds. The van der Waals surface area contributed by atoms with E-state index in [1.165, 1.54) is 6.08 Å². The Morgan fingerprint density at radius 3 is 2.32 bits per heavy atom. The predicted molar refractivity (Wildman–Crippen MR) is 140 cm³/mol. The van der Waals surface area contributed by atoms with Crippen LogP contribution in [0.4, 0.5) is 0 Å². The molecule has 1 aromatic carbocycles. The van der Waals surface area contributed by atoms with Crippen molar-refractivity contribution in [2.24, 2.45) is 11.5 Å². The van der Waals surface area contributed by atoms with Gasteiger partial charge in [0.25, 0.3) is 0 Å². The largest absolute Gasteiger partial charge is 0.494 e. The summed E-state index contributed by atoms with van der Waals surface area (Å²) in [5.74, 6) is -0.666. The van der Waals surface area contributed by atoms with Gasteiger partial charge in [0.05, 0.1) is 13.2 Å². The highest BCUT2D eigenvalue weighted by Gasteiger charge is 2.17. The minimum Gasteiger partial charge on any atom is -0.494 e. The molecule has 2 rings (SSSR count). The fourth-order valence-electron chi connectivity index (χ4n) is 3.30. The van der Waals surface area contributed by atoms with Crippen LogP contribution in [0.3, 0.4) is 0 Å². The lowest BCUT2D eigenvalue weighted by atomic mass is 10.00. The predicted octanol–water partition coefficient (Wildman–Crippen LogP) is 3.34. The molecule has 0 aromatic heterocycles. The number of unbranched alkanes of at least 4 members (excludes halogenated alkanes) is 3. The van der Waals surface area contributed by atoms with Gasteiger partial charge in [-0.3, -0.25) is 0 Å². The average Bonchev–Trinajstić information content (AvgIpc) is 2.86. The number of allylic oxidation sites excluding steroid dienone is 1. The van der Waals surface area contributed by atoms with E-state index in [-0.39, 0.29) is 30.8 Å². The van der Waals surface area contributed by atoms with Crippen LogP contribution in [0.25, 0.3) is 6.08 Å². The van der Waals surface area contributed by atoms with Gasteiger partial charge in [-0.25, -0.2) is 14.4 Å². The van der Waals surface area contributed by atoms with Gasteiger partial charge < -0.3 is 30.4 Å². The highest BCUT2D eigenvalue weighted by molar-refractivity contribution is 5.89. The van der Waals surface area contributed by atoms with E-state index >= 15 is 0 Å². The summed E-state index contributed by atoms with van der Waals surface area (Å²) in [6, 6.07) is 7.08. The Bertz CT molecular complexity index is 1030. The molecule has 0 radical (unpaired) electrons. The third kappa shape index (κ3) is 12.1. The molecule has 9 nitrogen and oxygen atoms in total. The summed E-state index contributed by atoms with van der Waals surface area (Å²) >= 11 is 0. The van der Waals surface area contributed by atoms with Crippen molar-refractivity contribution in [3.05, 3.63) is 71.5 Å². The molecule has 1 atom stereocenters. The van der Waals surface area contributed by atoms with Gasteiger partial charge >= 0.3 is 17.9 Å². The smallest absolute Gasteiger partial charge is 0.334 e. The van der Waals surface area contributed by atoms with Gasteiger partial charge in [0.1, 0.15) is 19.0 Å². The monoisotopic (exact) mass is 512 g/mol. The molecule has 1 aliphatic rings. The summed E-state index contributed by atoms with van der Waals surface area (Å²) < 4.78 is 20.9. The maximum absolute atomic E-state index is 12.1. The second-order valence-corrected chi connectivity index (χ2v) is 8.59. The van der Waals surface area contributed by atoms with Crippen molar-refractivity contribution >= 4 is 24.0 Å². The molecule has 1 aliphatic carbocycles. The summed E-state index contributed by atoms with van der Waals surface area (Å²) in [7, 11) is 0. The molecule has 1 unspecified atom stereocenters. The minimum atomic E-state index is -0.529. The molecule has 37 heavy (non-hydrogen) atoms. The SMILES string of the molecule is C=C(C)C(=O)OCCOC(=O)/C=C/c1ccc(OCCCCCCOC(=O)C2=CC(N)=CC(N)C2)cc1. The summed E-state index contributed by atoms with van der Waals surface area (Å²) in [5.41, 5.74) is 13.7. The molecule has 0 spiro atoms. The Labute approximate surface area is 217 Å². The van der Waals surface area contributed by atoms with E-state index in [9.17, 15) is 14.4 Å². The molecule has 0 bridgehead atoms. The quantitative estimate of drug-likeness (QED) is 0.157. The number of carbonyl (C=O) groups excluding carboxylic acids is 3. The van der Waals surface area contributed by atoms with Crippen molar-refractivity contribution < 1.29 is 33.3 Å². The van der Waals surface area contributed by atoms with Crippen molar-refractivity contribution in [3.63, 3.8) is 0 Å². The van der Waals surface area contributed by atoms with Gasteiger partial charge in [0, 0.05) is 29.0 Å². The number of hydrogen-bond donors (Lipinski definition) is 2. The zero-order valence-corrected chi connectivity index (χ0v) is 21.3. The maximum Gasteiger partial charge on any atom is 0.334 e. The van der Waals surface area contributed by atoms with Crippen LogP contribution in [-0.4, -0.2) is 50.4 Å². The van der Waals surface area contributed by atoms with E-state index in [0.29, 0.717) is 30.9 Å². The molecular weight excluding hydrogens is 476 g/mol. The molecule has 9 heteroatoms. The fraction of sp³-hybridized carbons (Fsp3) is 0.393. The van der Waals surface area contributed by atoms with Gasteiger partial charge in [-0.05, 0) is 75.0 Å².